The lowest BCUT2D eigenvalue weighted by molar-refractivity contribution is -0.127. The number of nitrogens with one attached hydrogen (secondary N) is 2. The number of hydrogen-bond acceptors (Lipinski definition) is 5. The van der Waals surface area contributed by atoms with Crippen LogP contribution in [0.3, 0.4) is 0 Å². The first-order valence-electron chi connectivity index (χ1n) is 8.09. The van der Waals surface area contributed by atoms with Crippen LogP contribution >= 0.6 is 15.9 Å². The lowest BCUT2D eigenvalue weighted by Crippen LogP contribution is -2.37. The monoisotopic (exact) mass is 433 g/mol. The van der Waals surface area contributed by atoms with Crippen LogP contribution in [0.4, 0.5) is 0 Å². The molecule has 2 rings (SSSR count). The van der Waals surface area contributed by atoms with Crippen LogP contribution in [0.15, 0.2) is 52.0 Å². The molecule has 142 valence electrons. The van der Waals surface area contributed by atoms with Crippen molar-refractivity contribution >= 4 is 34.0 Å². The van der Waals surface area contributed by atoms with E-state index in [9.17, 15) is 9.59 Å². The SMILES string of the molecule is COc1ccc(Br)cc1C=NNC(=O)CNC(=O)COc1cccc(C)c1. The van der Waals surface area contributed by atoms with E-state index in [1.165, 1.54) is 6.21 Å². The first-order chi connectivity index (χ1) is 13.0. The fraction of sp³-hybridized carbons (Fsp3) is 0.211. The highest BCUT2D eigenvalue weighted by Crippen LogP contribution is 2.21. The van der Waals surface area contributed by atoms with Gasteiger partial charge in [0, 0.05) is 10.0 Å². The van der Waals surface area contributed by atoms with Crippen LogP contribution in [-0.4, -0.2) is 38.3 Å². The Morgan fingerprint density at radius 1 is 1.19 bits per heavy atom. The number of benzene rings is 2. The molecule has 0 saturated heterocycles. The first kappa shape index (κ1) is 20.4. The van der Waals surface area contributed by atoms with E-state index in [-0.39, 0.29) is 13.2 Å². The Morgan fingerprint density at radius 2 is 2.00 bits per heavy atom. The second-order valence-corrected chi connectivity index (χ2v) is 6.48. The van der Waals surface area contributed by atoms with Crippen LogP contribution in [0, 0.1) is 6.92 Å². The highest BCUT2D eigenvalue weighted by Gasteiger charge is 2.06. The Kier molecular flexibility index (Phi) is 7.81. The van der Waals surface area contributed by atoms with E-state index in [0.717, 1.165) is 10.0 Å². The van der Waals surface area contributed by atoms with Crippen LogP contribution in [0.5, 0.6) is 11.5 Å². The number of amides is 2. The highest BCUT2D eigenvalue weighted by molar-refractivity contribution is 9.10. The number of hydrogen-bond donors (Lipinski definition) is 2. The second-order valence-electron chi connectivity index (χ2n) is 5.56. The van der Waals surface area contributed by atoms with E-state index >= 15 is 0 Å². The van der Waals surface area contributed by atoms with E-state index in [2.05, 4.69) is 31.8 Å². The van der Waals surface area contributed by atoms with Gasteiger partial charge in [0.25, 0.3) is 11.8 Å². The molecule has 0 radical (unpaired) electrons. The molecule has 0 aliphatic rings. The Hall–Kier alpha value is -2.87. The summed E-state index contributed by atoms with van der Waals surface area (Å²) in [5.74, 6) is 0.369. The summed E-state index contributed by atoms with van der Waals surface area (Å²) in [6.45, 7) is 1.56. The van der Waals surface area contributed by atoms with Gasteiger partial charge in [0.15, 0.2) is 6.61 Å². The molecule has 2 N–H and O–H groups in total. The maximum atomic E-state index is 11.8. The average molecular weight is 434 g/mol. The summed E-state index contributed by atoms with van der Waals surface area (Å²) < 4.78 is 11.4. The number of methoxy groups -OCH3 is 1. The van der Waals surface area contributed by atoms with Crippen molar-refractivity contribution in [2.75, 3.05) is 20.3 Å². The smallest absolute Gasteiger partial charge is 0.259 e. The van der Waals surface area contributed by atoms with Crippen molar-refractivity contribution in [3.63, 3.8) is 0 Å². The molecule has 0 bridgehead atoms. The van der Waals surface area contributed by atoms with Crippen molar-refractivity contribution in [2.45, 2.75) is 6.92 Å². The van der Waals surface area contributed by atoms with Gasteiger partial charge in [0.2, 0.25) is 0 Å². The van der Waals surface area contributed by atoms with E-state index in [0.29, 0.717) is 17.1 Å². The molecule has 2 aromatic carbocycles. The molecule has 0 fully saturated rings. The molecule has 8 heteroatoms. The minimum Gasteiger partial charge on any atom is -0.496 e. The molecule has 0 atom stereocenters. The summed E-state index contributed by atoms with van der Waals surface area (Å²) >= 11 is 3.36. The maximum absolute atomic E-state index is 11.8. The zero-order chi connectivity index (χ0) is 19.6. The molecular weight excluding hydrogens is 414 g/mol. The van der Waals surface area contributed by atoms with Gasteiger partial charge in [-0.2, -0.15) is 5.10 Å². The second kappa shape index (κ2) is 10.3. The van der Waals surface area contributed by atoms with Crippen molar-refractivity contribution in [3.8, 4) is 11.5 Å². The van der Waals surface area contributed by atoms with Crippen molar-refractivity contribution in [1.82, 2.24) is 10.7 Å². The zero-order valence-corrected chi connectivity index (χ0v) is 16.6. The number of carbonyl (C=O) groups is 2. The van der Waals surface area contributed by atoms with Crippen molar-refractivity contribution in [2.24, 2.45) is 5.10 Å². The third-order valence-corrected chi connectivity index (χ3v) is 3.88. The van der Waals surface area contributed by atoms with E-state index in [1.54, 1.807) is 25.3 Å². The summed E-state index contributed by atoms with van der Waals surface area (Å²) in [6.07, 6.45) is 1.46. The highest BCUT2D eigenvalue weighted by atomic mass is 79.9. The number of carbonyl (C=O) groups excluding carboxylic acids is 2. The summed E-state index contributed by atoms with van der Waals surface area (Å²) in [5, 5.41) is 6.33. The topological polar surface area (TPSA) is 89.0 Å². The lowest BCUT2D eigenvalue weighted by Gasteiger charge is -2.07. The number of aryl methyl sites for hydroxylation is 1. The van der Waals surface area contributed by atoms with Gasteiger partial charge >= 0.3 is 0 Å². The van der Waals surface area contributed by atoms with Crippen LogP contribution in [0.1, 0.15) is 11.1 Å². The largest absolute Gasteiger partial charge is 0.496 e. The predicted octanol–water partition coefficient (Wildman–Crippen LogP) is 2.41. The Morgan fingerprint density at radius 3 is 2.74 bits per heavy atom. The molecule has 0 aromatic heterocycles. The quantitative estimate of drug-likeness (QED) is 0.494. The van der Waals surface area contributed by atoms with Gasteiger partial charge in [-0.15, -0.1) is 0 Å². The van der Waals surface area contributed by atoms with Crippen LogP contribution in [-0.2, 0) is 9.59 Å². The number of halogens is 1. The number of hydrazone groups is 1. The predicted molar refractivity (Wildman–Crippen MR) is 106 cm³/mol. The van der Waals surface area contributed by atoms with Gasteiger partial charge in [-0.1, -0.05) is 28.1 Å². The number of ether oxygens (including phenoxy) is 2. The Bertz CT molecular complexity index is 839. The van der Waals surface area contributed by atoms with Gasteiger partial charge in [0.1, 0.15) is 11.5 Å². The summed E-state index contributed by atoms with van der Waals surface area (Å²) in [6, 6.07) is 12.8. The van der Waals surface area contributed by atoms with Gasteiger partial charge < -0.3 is 14.8 Å². The van der Waals surface area contributed by atoms with Gasteiger partial charge in [-0.05, 0) is 42.8 Å². The minimum absolute atomic E-state index is 0.171. The molecule has 2 amide bonds. The van der Waals surface area contributed by atoms with Crippen molar-refractivity contribution < 1.29 is 19.1 Å². The molecule has 0 heterocycles. The fourth-order valence-electron chi connectivity index (χ4n) is 2.10. The third kappa shape index (κ3) is 7.10. The molecule has 0 spiro atoms. The standard InChI is InChI=1S/C19H20BrN3O4/c1-13-4-3-5-16(8-13)27-12-19(25)21-11-18(24)23-22-10-14-9-15(20)6-7-17(14)26-2/h3-10H,11-12H2,1-2H3,(H,21,25)(H,23,24). The normalized spacial score (nSPS) is 10.5. The molecule has 0 aliphatic carbocycles. The van der Waals surface area contributed by atoms with Crippen molar-refractivity contribution in [3.05, 3.63) is 58.1 Å². The zero-order valence-electron chi connectivity index (χ0n) is 15.0. The summed E-state index contributed by atoms with van der Waals surface area (Å²) in [7, 11) is 1.55. The van der Waals surface area contributed by atoms with Gasteiger partial charge in [0.05, 0.1) is 19.9 Å². The molecule has 0 saturated carbocycles. The van der Waals surface area contributed by atoms with E-state index in [1.807, 2.05) is 31.2 Å². The average Bonchev–Trinajstić information content (AvgIpc) is 2.65. The van der Waals surface area contributed by atoms with Gasteiger partial charge in [-0.3, -0.25) is 9.59 Å². The van der Waals surface area contributed by atoms with Crippen LogP contribution in [0.2, 0.25) is 0 Å². The first-order valence-corrected chi connectivity index (χ1v) is 8.89. The molecule has 0 unspecified atom stereocenters. The molecule has 2 aromatic rings. The van der Waals surface area contributed by atoms with E-state index in [4.69, 9.17) is 9.47 Å². The summed E-state index contributed by atoms with van der Waals surface area (Å²) in [5.41, 5.74) is 4.07. The van der Waals surface area contributed by atoms with Crippen LogP contribution < -0.4 is 20.2 Å². The molecule has 0 aliphatic heterocycles. The molecular formula is C19H20BrN3O4. The molecule has 7 nitrogen and oxygen atoms in total. The van der Waals surface area contributed by atoms with Crippen LogP contribution in [0.25, 0.3) is 0 Å². The number of rotatable bonds is 8. The fourth-order valence-corrected chi connectivity index (χ4v) is 2.48. The maximum Gasteiger partial charge on any atom is 0.259 e. The minimum atomic E-state index is -0.455. The van der Waals surface area contributed by atoms with Crippen molar-refractivity contribution in [1.29, 1.82) is 0 Å². The summed E-state index contributed by atoms with van der Waals surface area (Å²) in [4.78, 5) is 23.5. The molecule has 27 heavy (non-hydrogen) atoms. The lowest BCUT2D eigenvalue weighted by atomic mass is 10.2. The van der Waals surface area contributed by atoms with E-state index < -0.39 is 11.8 Å². The number of nitrogens with zero attached hydrogens (tertiary/aromatic N) is 1. The Balaban J connectivity index is 1.74. The third-order valence-electron chi connectivity index (χ3n) is 3.39. The Labute approximate surface area is 165 Å². The van der Waals surface area contributed by atoms with Gasteiger partial charge in [-0.25, -0.2) is 5.43 Å².